The zero-order valence-corrected chi connectivity index (χ0v) is 18.9. The lowest BCUT2D eigenvalue weighted by Crippen LogP contribution is -2.64. The van der Waals surface area contributed by atoms with Crippen LogP contribution in [0.5, 0.6) is 0 Å². The van der Waals surface area contributed by atoms with E-state index in [4.69, 9.17) is 18.9 Å². The second-order valence-corrected chi connectivity index (χ2v) is 12.2. The summed E-state index contributed by atoms with van der Waals surface area (Å²) in [6, 6.07) is 0. The molecule has 1 N–H and O–H groups in total. The van der Waals surface area contributed by atoms with Crippen molar-refractivity contribution in [2.24, 2.45) is 39.4 Å². The summed E-state index contributed by atoms with van der Waals surface area (Å²) < 4.78 is 24.8. The molecule has 6 nitrogen and oxygen atoms in total. The maximum atomic E-state index is 14.3. The SMILES string of the molecule is C[C@]12CCC3C(C(=O)[C@@]4(CO)C[C@@]45CC4(CC[C@]35C)OCCO4)C1CCC21OCCO1. The molecule has 2 saturated heterocycles. The first kappa shape index (κ1) is 19.9. The van der Waals surface area contributed by atoms with Crippen LogP contribution in [0.2, 0.25) is 0 Å². The van der Waals surface area contributed by atoms with Gasteiger partial charge in [-0.15, -0.1) is 0 Å². The van der Waals surface area contributed by atoms with Gasteiger partial charge in [-0.1, -0.05) is 13.8 Å². The molecule has 2 heterocycles. The molecule has 5 saturated carbocycles. The molecule has 7 aliphatic rings. The van der Waals surface area contributed by atoms with Crippen molar-refractivity contribution in [1.29, 1.82) is 0 Å². The van der Waals surface area contributed by atoms with Gasteiger partial charge >= 0.3 is 0 Å². The highest BCUT2D eigenvalue weighted by Crippen LogP contribution is 2.86. The molecule has 0 aromatic rings. The summed E-state index contributed by atoms with van der Waals surface area (Å²) in [6.45, 7) is 7.32. The van der Waals surface area contributed by atoms with E-state index in [0.717, 1.165) is 51.4 Å². The fourth-order valence-corrected chi connectivity index (χ4v) is 10.2. The molecule has 2 aliphatic heterocycles. The van der Waals surface area contributed by atoms with Crippen LogP contribution in [0.25, 0.3) is 0 Å². The number of aliphatic hydroxyl groups is 1. The van der Waals surface area contributed by atoms with Gasteiger partial charge in [0.25, 0.3) is 0 Å². The van der Waals surface area contributed by atoms with E-state index in [-0.39, 0.29) is 34.7 Å². The third-order valence-electron chi connectivity index (χ3n) is 11.8. The minimum atomic E-state index is -0.614. The van der Waals surface area contributed by atoms with Crippen LogP contribution in [0, 0.1) is 39.4 Å². The van der Waals surface area contributed by atoms with Crippen LogP contribution in [0.4, 0.5) is 0 Å². The van der Waals surface area contributed by atoms with Gasteiger partial charge in [0.15, 0.2) is 11.6 Å². The first-order chi connectivity index (χ1) is 14.8. The van der Waals surface area contributed by atoms with Gasteiger partial charge in [0.05, 0.1) is 38.4 Å². The topological polar surface area (TPSA) is 74.2 Å². The van der Waals surface area contributed by atoms with E-state index in [2.05, 4.69) is 13.8 Å². The maximum absolute atomic E-state index is 14.3. The highest BCUT2D eigenvalue weighted by atomic mass is 16.7. The van der Waals surface area contributed by atoms with E-state index in [0.29, 0.717) is 38.1 Å². The second kappa shape index (κ2) is 5.75. The Bertz CT molecular complexity index is 830. The molecule has 3 spiro atoms. The van der Waals surface area contributed by atoms with Gasteiger partial charge in [-0.2, -0.15) is 0 Å². The Hall–Kier alpha value is -0.530. The van der Waals surface area contributed by atoms with Crippen molar-refractivity contribution in [2.45, 2.75) is 76.8 Å². The number of rotatable bonds is 1. The molecule has 7 fully saturated rings. The monoisotopic (exact) mass is 432 g/mol. The summed E-state index contributed by atoms with van der Waals surface area (Å²) in [5, 5.41) is 10.7. The van der Waals surface area contributed by atoms with E-state index in [9.17, 15) is 9.90 Å². The minimum absolute atomic E-state index is 0.0122. The maximum Gasteiger partial charge on any atom is 0.174 e. The van der Waals surface area contributed by atoms with Gasteiger partial charge in [-0.05, 0) is 54.8 Å². The van der Waals surface area contributed by atoms with Crippen LogP contribution in [-0.4, -0.2) is 55.5 Å². The Morgan fingerprint density at radius 1 is 0.839 bits per heavy atom. The molecule has 0 bridgehead atoms. The Kier molecular flexibility index (Phi) is 3.69. The van der Waals surface area contributed by atoms with Gasteiger partial charge in [0, 0.05) is 30.6 Å². The summed E-state index contributed by atoms with van der Waals surface area (Å²) in [4.78, 5) is 14.3. The number of hydrogen-bond acceptors (Lipinski definition) is 6. The lowest BCUT2D eigenvalue weighted by atomic mass is 9.42. The third-order valence-corrected chi connectivity index (χ3v) is 11.8. The van der Waals surface area contributed by atoms with E-state index >= 15 is 0 Å². The van der Waals surface area contributed by atoms with Crippen molar-refractivity contribution in [3.8, 4) is 0 Å². The fourth-order valence-electron chi connectivity index (χ4n) is 10.2. The van der Waals surface area contributed by atoms with Crippen molar-refractivity contribution >= 4 is 5.78 Å². The van der Waals surface area contributed by atoms with Crippen LogP contribution < -0.4 is 0 Å². The van der Waals surface area contributed by atoms with Crippen LogP contribution in [0.3, 0.4) is 0 Å². The predicted molar refractivity (Wildman–Crippen MR) is 110 cm³/mol. The van der Waals surface area contributed by atoms with Crippen LogP contribution >= 0.6 is 0 Å². The zero-order chi connectivity index (χ0) is 21.3. The molecular formula is C25H36O6. The molecular weight excluding hydrogens is 396 g/mol. The lowest BCUT2D eigenvalue weighted by Gasteiger charge is -2.63. The molecule has 0 aromatic carbocycles. The predicted octanol–water partition coefficient (Wildman–Crippen LogP) is 3.06. The average molecular weight is 433 g/mol. The van der Waals surface area contributed by atoms with E-state index in [1.165, 1.54) is 0 Å². The first-order valence-corrected chi connectivity index (χ1v) is 12.5. The lowest BCUT2D eigenvalue weighted by molar-refractivity contribution is -0.261. The van der Waals surface area contributed by atoms with Crippen molar-refractivity contribution in [3.63, 3.8) is 0 Å². The van der Waals surface area contributed by atoms with Crippen molar-refractivity contribution in [1.82, 2.24) is 0 Å². The van der Waals surface area contributed by atoms with Crippen molar-refractivity contribution in [3.05, 3.63) is 0 Å². The van der Waals surface area contributed by atoms with E-state index in [1.54, 1.807) is 0 Å². The van der Waals surface area contributed by atoms with Crippen molar-refractivity contribution in [2.75, 3.05) is 33.0 Å². The molecule has 0 radical (unpaired) electrons. The van der Waals surface area contributed by atoms with E-state index in [1.807, 2.05) is 0 Å². The van der Waals surface area contributed by atoms with Crippen LogP contribution in [0.15, 0.2) is 0 Å². The van der Waals surface area contributed by atoms with Gasteiger partial charge < -0.3 is 24.1 Å². The Labute approximate surface area is 184 Å². The number of aliphatic hydroxyl groups excluding tert-OH is 1. The smallest absolute Gasteiger partial charge is 0.174 e. The van der Waals surface area contributed by atoms with Gasteiger partial charge in [-0.3, -0.25) is 4.79 Å². The molecule has 6 heteroatoms. The number of hydrogen-bond donors (Lipinski definition) is 1. The normalized spacial score (nSPS) is 55.7. The molecule has 31 heavy (non-hydrogen) atoms. The highest BCUT2D eigenvalue weighted by molar-refractivity contribution is 5.94. The summed E-state index contributed by atoms with van der Waals surface area (Å²) in [5.74, 6) is -0.0377. The molecule has 7 atom stereocenters. The quantitative estimate of drug-likeness (QED) is 0.687. The molecule has 0 amide bonds. The Morgan fingerprint density at radius 3 is 2.19 bits per heavy atom. The summed E-state index contributed by atoms with van der Waals surface area (Å²) in [6.07, 6.45) is 7.48. The van der Waals surface area contributed by atoms with Gasteiger partial charge in [-0.25, -0.2) is 0 Å². The van der Waals surface area contributed by atoms with Gasteiger partial charge in [0.2, 0.25) is 0 Å². The molecule has 3 unspecified atom stereocenters. The third kappa shape index (κ3) is 1.96. The number of fused-ring (bicyclic) bond motifs is 5. The number of carbonyl (C=O) groups excluding carboxylic acids is 1. The highest BCUT2D eigenvalue weighted by Gasteiger charge is 2.86. The van der Waals surface area contributed by atoms with Crippen molar-refractivity contribution < 1.29 is 28.8 Å². The Morgan fingerprint density at radius 2 is 1.48 bits per heavy atom. The van der Waals surface area contributed by atoms with E-state index < -0.39 is 17.0 Å². The average Bonchev–Trinajstić information content (AvgIpc) is 3.15. The fraction of sp³-hybridized carbons (Fsp3) is 0.960. The standard InChI is InChI=1S/C25H36O6/c1-20-7-8-24(28-9-10-29-24)14-23(20)13-22(23,15-26)19(27)18-16(20)3-5-21(2)17(18)4-6-25(21)30-11-12-31-25/h16-18,26H,3-15H2,1-2H3/t16?,17?,18?,20-,21+,22+,23+/m1/s1. The molecule has 7 rings (SSSR count). The Balaban J connectivity index is 1.31. The molecule has 172 valence electrons. The molecule has 5 aliphatic carbocycles. The summed E-state index contributed by atoms with van der Waals surface area (Å²) in [5.41, 5.74) is -0.865. The number of carbonyl (C=O) groups is 1. The number of ether oxygens (including phenoxy) is 4. The minimum Gasteiger partial charge on any atom is -0.395 e. The number of ketones is 1. The first-order valence-electron chi connectivity index (χ1n) is 12.5. The largest absolute Gasteiger partial charge is 0.395 e. The number of Topliss-reactive ketones (excluding diaryl/α,β-unsaturated/α-hetero) is 1. The zero-order valence-electron chi connectivity index (χ0n) is 18.9. The summed E-state index contributed by atoms with van der Waals surface area (Å²) >= 11 is 0. The second-order valence-electron chi connectivity index (χ2n) is 12.2. The summed E-state index contributed by atoms with van der Waals surface area (Å²) in [7, 11) is 0. The molecule has 0 aromatic heterocycles. The van der Waals surface area contributed by atoms with Gasteiger partial charge in [0.1, 0.15) is 5.78 Å². The van der Waals surface area contributed by atoms with Crippen LogP contribution in [-0.2, 0) is 23.7 Å². The van der Waals surface area contributed by atoms with Crippen LogP contribution in [0.1, 0.15) is 65.2 Å².